The van der Waals surface area contributed by atoms with Gasteiger partial charge in [-0.1, -0.05) is 24.6 Å². The molecular weight excluding hydrogens is 337 g/mol. The normalized spacial score (nSPS) is 12.4. The Kier molecular flexibility index (Phi) is 4.65. The quantitative estimate of drug-likeness (QED) is 0.729. The fraction of sp³-hybridized carbons (Fsp3) is 0.231. The van der Waals surface area contributed by atoms with Crippen molar-refractivity contribution in [1.29, 1.82) is 0 Å². The van der Waals surface area contributed by atoms with E-state index in [9.17, 15) is 4.39 Å². The van der Waals surface area contributed by atoms with E-state index in [0.717, 1.165) is 12.1 Å². The minimum atomic E-state index is -0.346. The molecule has 0 saturated carbocycles. The average Bonchev–Trinajstić information content (AvgIpc) is 2.81. The number of rotatable bonds is 4. The van der Waals surface area contributed by atoms with Crippen LogP contribution in [0.1, 0.15) is 24.3 Å². The summed E-state index contributed by atoms with van der Waals surface area (Å²) in [5, 5.41) is 5.79. The third-order valence-corrected chi connectivity index (χ3v) is 4.53. The van der Waals surface area contributed by atoms with Gasteiger partial charge in [0.1, 0.15) is 5.82 Å². The van der Waals surface area contributed by atoms with Crippen LogP contribution in [-0.2, 0) is 0 Å². The van der Waals surface area contributed by atoms with Crippen molar-refractivity contribution in [2.45, 2.75) is 19.4 Å². The second-order valence-electron chi connectivity index (χ2n) is 3.87. The van der Waals surface area contributed by atoms with Crippen molar-refractivity contribution in [3.8, 4) is 0 Å². The highest BCUT2D eigenvalue weighted by atomic mass is 79.9. The molecule has 96 valence electrons. The molecule has 1 nitrogen and oxygen atoms in total. The van der Waals surface area contributed by atoms with Crippen LogP contribution in [0.4, 0.5) is 10.1 Å². The Labute approximate surface area is 123 Å². The lowest BCUT2D eigenvalue weighted by atomic mass is 10.1. The first kappa shape index (κ1) is 13.8. The molecule has 1 aromatic heterocycles. The first-order valence-corrected chi connectivity index (χ1v) is 7.61. The number of thiophene rings is 1. The van der Waals surface area contributed by atoms with Crippen LogP contribution in [-0.4, -0.2) is 0 Å². The monoisotopic (exact) mass is 347 g/mol. The predicted octanol–water partition coefficient (Wildman–Crippen LogP) is 5.87. The highest BCUT2D eigenvalue weighted by Crippen LogP contribution is 2.35. The molecule has 0 aliphatic carbocycles. The Morgan fingerprint density at radius 1 is 1.50 bits per heavy atom. The molecule has 0 radical (unpaired) electrons. The van der Waals surface area contributed by atoms with Crippen molar-refractivity contribution in [2.75, 3.05) is 5.32 Å². The molecular formula is C13H12BrClFNS. The first-order chi connectivity index (χ1) is 8.61. The molecule has 2 rings (SSSR count). The summed E-state index contributed by atoms with van der Waals surface area (Å²) in [6, 6.07) is 7.01. The van der Waals surface area contributed by atoms with Gasteiger partial charge in [0.15, 0.2) is 0 Å². The molecule has 0 amide bonds. The number of hydrogen-bond donors (Lipinski definition) is 1. The van der Waals surface area contributed by atoms with E-state index in [1.54, 1.807) is 11.3 Å². The Morgan fingerprint density at radius 2 is 2.28 bits per heavy atom. The van der Waals surface area contributed by atoms with E-state index in [0.29, 0.717) is 9.50 Å². The number of hydrogen-bond acceptors (Lipinski definition) is 2. The minimum absolute atomic E-state index is 0.185. The maximum atomic E-state index is 13.2. The molecule has 1 atom stereocenters. The molecule has 0 aliphatic rings. The maximum absolute atomic E-state index is 13.2. The van der Waals surface area contributed by atoms with Gasteiger partial charge in [-0.2, -0.15) is 0 Å². The number of anilines is 1. The molecule has 0 spiro atoms. The summed E-state index contributed by atoms with van der Waals surface area (Å²) in [5.74, 6) is -0.346. The second kappa shape index (κ2) is 6.04. The van der Waals surface area contributed by atoms with Crippen LogP contribution in [0.15, 0.2) is 34.1 Å². The summed E-state index contributed by atoms with van der Waals surface area (Å²) in [6.07, 6.45) is 0.931. The summed E-state index contributed by atoms with van der Waals surface area (Å²) < 4.78 is 13.8. The maximum Gasteiger partial charge on any atom is 0.125 e. The van der Waals surface area contributed by atoms with Gasteiger partial charge >= 0.3 is 0 Å². The summed E-state index contributed by atoms with van der Waals surface area (Å²) in [6.45, 7) is 2.10. The van der Waals surface area contributed by atoms with Gasteiger partial charge in [0, 0.05) is 9.35 Å². The molecule has 5 heteroatoms. The summed E-state index contributed by atoms with van der Waals surface area (Å²) >= 11 is 11.1. The van der Waals surface area contributed by atoms with E-state index >= 15 is 0 Å². The van der Waals surface area contributed by atoms with Gasteiger partial charge in [-0.05, 0) is 45.9 Å². The highest BCUT2D eigenvalue weighted by molar-refractivity contribution is 9.10. The van der Waals surface area contributed by atoms with Crippen molar-refractivity contribution < 1.29 is 4.39 Å². The van der Waals surface area contributed by atoms with Crippen LogP contribution in [0.3, 0.4) is 0 Å². The van der Waals surface area contributed by atoms with E-state index in [2.05, 4.69) is 34.2 Å². The van der Waals surface area contributed by atoms with Gasteiger partial charge < -0.3 is 5.32 Å². The molecule has 0 fully saturated rings. The van der Waals surface area contributed by atoms with E-state index in [-0.39, 0.29) is 11.9 Å². The molecule has 1 unspecified atom stereocenters. The zero-order valence-electron chi connectivity index (χ0n) is 9.71. The average molecular weight is 349 g/mol. The topological polar surface area (TPSA) is 12.0 Å². The van der Waals surface area contributed by atoms with E-state index < -0.39 is 0 Å². The van der Waals surface area contributed by atoms with E-state index in [4.69, 9.17) is 11.6 Å². The molecule has 1 heterocycles. The largest absolute Gasteiger partial charge is 0.375 e. The van der Waals surface area contributed by atoms with Gasteiger partial charge in [0.05, 0.1) is 16.8 Å². The summed E-state index contributed by atoms with van der Waals surface area (Å²) in [5.41, 5.74) is 0.735. The van der Waals surface area contributed by atoms with Crippen LogP contribution in [0.5, 0.6) is 0 Å². The molecule has 0 aliphatic heterocycles. The van der Waals surface area contributed by atoms with Crippen LogP contribution in [0, 0.1) is 5.82 Å². The number of benzene rings is 1. The highest BCUT2D eigenvalue weighted by Gasteiger charge is 2.14. The number of nitrogens with one attached hydrogen (secondary N) is 1. The smallest absolute Gasteiger partial charge is 0.125 e. The first-order valence-electron chi connectivity index (χ1n) is 5.56. The lowest BCUT2D eigenvalue weighted by molar-refractivity contribution is 0.627. The molecule has 1 aromatic carbocycles. The third kappa shape index (κ3) is 3.05. The van der Waals surface area contributed by atoms with Gasteiger partial charge in [-0.15, -0.1) is 11.3 Å². The van der Waals surface area contributed by atoms with Gasteiger partial charge in [0.25, 0.3) is 0 Å². The van der Waals surface area contributed by atoms with Crippen LogP contribution < -0.4 is 5.32 Å². The Morgan fingerprint density at radius 3 is 2.83 bits per heavy atom. The van der Waals surface area contributed by atoms with E-state index in [1.165, 1.54) is 17.0 Å². The lowest BCUT2D eigenvalue weighted by Gasteiger charge is -2.19. The summed E-state index contributed by atoms with van der Waals surface area (Å²) in [7, 11) is 0. The molecule has 1 N–H and O–H groups in total. The fourth-order valence-corrected chi connectivity index (χ4v) is 3.50. The third-order valence-electron chi connectivity index (χ3n) is 2.62. The predicted molar refractivity (Wildman–Crippen MR) is 80.1 cm³/mol. The SMILES string of the molecule is CCC(Nc1c(Cl)cc(F)cc1Br)c1cccs1. The number of halogens is 3. The van der Waals surface area contributed by atoms with Gasteiger partial charge in [0.2, 0.25) is 0 Å². The van der Waals surface area contributed by atoms with Crippen molar-refractivity contribution in [3.05, 3.63) is 49.8 Å². The lowest BCUT2D eigenvalue weighted by Crippen LogP contribution is -2.09. The molecule has 18 heavy (non-hydrogen) atoms. The Bertz CT molecular complexity index is 507. The van der Waals surface area contributed by atoms with Crippen molar-refractivity contribution >= 4 is 44.6 Å². The van der Waals surface area contributed by atoms with E-state index in [1.807, 2.05) is 11.4 Å². The standard InChI is InChI=1S/C13H12BrClFNS/c1-2-11(12-4-3-5-18-12)17-13-9(14)6-8(16)7-10(13)15/h3-7,11,17H,2H2,1H3. The zero-order valence-corrected chi connectivity index (χ0v) is 12.9. The van der Waals surface area contributed by atoms with Crippen LogP contribution in [0.25, 0.3) is 0 Å². The second-order valence-corrected chi connectivity index (χ2v) is 6.11. The van der Waals surface area contributed by atoms with Crippen molar-refractivity contribution in [3.63, 3.8) is 0 Å². The molecule has 2 aromatic rings. The van der Waals surface area contributed by atoms with Crippen LogP contribution in [0.2, 0.25) is 5.02 Å². The summed E-state index contributed by atoms with van der Waals surface area (Å²) in [4.78, 5) is 1.24. The zero-order chi connectivity index (χ0) is 13.1. The minimum Gasteiger partial charge on any atom is -0.375 e. The Balaban J connectivity index is 2.28. The van der Waals surface area contributed by atoms with Crippen LogP contribution >= 0.6 is 38.9 Å². The van der Waals surface area contributed by atoms with Crippen molar-refractivity contribution in [1.82, 2.24) is 0 Å². The molecule has 0 saturated heterocycles. The van der Waals surface area contributed by atoms with Crippen molar-refractivity contribution in [2.24, 2.45) is 0 Å². The van der Waals surface area contributed by atoms with Gasteiger partial charge in [-0.3, -0.25) is 0 Å². The molecule has 0 bridgehead atoms. The Hall–Kier alpha value is -0.580. The fourth-order valence-electron chi connectivity index (χ4n) is 1.72. The van der Waals surface area contributed by atoms with Gasteiger partial charge in [-0.25, -0.2) is 4.39 Å².